The van der Waals surface area contributed by atoms with E-state index in [-0.39, 0.29) is 18.3 Å². The maximum Gasteiger partial charge on any atom is 0.254 e. The van der Waals surface area contributed by atoms with E-state index in [0.29, 0.717) is 23.1 Å². The summed E-state index contributed by atoms with van der Waals surface area (Å²) in [5.74, 6) is 0.0938. The molecule has 116 valence electrons. The van der Waals surface area contributed by atoms with Gasteiger partial charge in [0.25, 0.3) is 5.91 Å². The minimum Gasteiger partial charge on any atom is -0.339 e. The lowest BCUT2D eigenvalue weighted by molar-refractivity contribution is 0.0681. The molecule has 2 heterocycles. The van der Waals surface area contributed by atoms with Gasteiger partial charge >= 0.3 is 0 Å². The predicted molar refractivity (Wildman–Crippen MR) is 88.5 cm³/mol. The molecule has 1 N–H and O–H groups in total. The predicted octanol–water partition coefficient (Wildman–Crippen LogP) is 3.43. The molecular weight excluding hydrogens is 307 g/mol. The number of carbonyl (C=O) groups is 1. The van der Waals surface area contributed by atoms with E-state index < -0.39 is 0 Å². The fraction of sp³-hybridized carbons (Fsp3) is 0.562. The number of amides is 1. The van der Waals surface area contributed by atoms with Crippen LogP contribution in [0.1, 0.15) is 41.6 Å². The first-order valence-electron chi connectivity index (χ1n) is 7.34. The molecule has 3 rings (SSSR count). The van der Waals surface area contributed by atoms with E-state index in [4.69, 9.17) is 11.6 Å². The molecule has 0 aliphatic carbocycles. The largest absolute Gasteiger partial charge is 0.339 e. The standard InChI is InChI=1S/C16H21ClN2O.ClH/c1-10-3-4-11(17)7-15(10)16(20)19(2)14-8-12-5-6-13(9-14)18-12;/h3-4,7,12-14,18H,5-6,8-9H2,1-2H3;1H. The summed E-state index contributed by atoms with van der Waals surface area (Å²) in [5, 5.41) is 4.24. The fourth-order valence-electron chi connectivity index (χ4n) is 3.52. The van der Waals surface area contributed by atoms with Crippen molar-refractivity contribution in [2.75, 3.05) is 7.05 Å². The van der Waals surface area contributed by atoms with Crippen molar-refractivity contribution in [2.24, 2.45) is 0 Å². The molecule has 1 aromatic carbocycles. The summed E-state index contributed by atoms with van der Waals surface area (Å²) in [6.45, 7) is 1.96. The minimum absolute atomic E-state index is 0. The molecule has 1 amide bonds. The highest BCUT2D eigenvalue weighted by atomic mass is 35.5. The molecule has 2 fully saturated rings. The number of aryl methyl sites for hydroxylation is 1. The molecule has 5 heteroatoms. The smallest absolute Gasteiger partial charge is 0.254 e. The van der Waals surface area contributed by atoms with Crippen LogP contribution in [0.25, 0.3) is 0 Å². The SMILES string of the molecule is Cc1ccc(Cl)cc1C(=O)N(C)C1CC2CCC(C1)N2.Cl. The molecule has 0 spiro atoms. The van der Waals surface area contributed by atoms with Crippen LogP contribution in [0, 0.1) is 6.92 Å². The van der Waals surface area contributed by atoms with Gasteiger partial charge in [-0.05, 0) is 50.3 Å². The van der Waals surface area contributed by atoms with Gasteiger partial charge in [0.1, 0.15) is 0 Å². The highest BCUT2D eigenvalue weighted by Crippen LogP contribution is 2.30. The van der Waals surface area contributed by atoms with Crippen LogP contribution in [0.3, 0.4) is 0 Å². The van der Waals surface area contributed by atoms with E-state index in [0.717, 1.165) is 24.0 Å². The zero-order valence-electron chi connectivity index (χ0n) is 12.4. The molecule has 0 saturated carbocycles. The van der Waals surface area contributed by atoms with Gasteiger partial charge in [-0.2, -0.15) is 0 Å². The van der Waals surface area contributed by atoms with Gasteiger partial charge in [0.05, 0.1) is 0 Å². The maximum atomic E-state index is 12.7. The van der Waals surface area contributed by atoms with E-state index in [9.17, 15) is 4.79 Å². The Morgan fingerprint density at radius 1 is 1.29 bits per heavy atom. The molecular formula is C16H22Cl2N2O. The summed E-state index contributed by atoms with van der Waals surface area (Å²) in [5.41, 5.74) is 1.72. The lowest BCUT2D eigenvalue weighted by Gasteiger charge is -2.35. The van der Waals surface area contributed by atoms with Crippen LogP contribution in [0.5, 0.6) is 0 Å². The van der Waals surface area contributed by atoms with Gasteiger partial charge in [-0.3, -0.25) is 4.79 Å². The van der Waals surface area contributed by atoms with Gasteiger partial charge in [-0.1, -0.05) is 17.7 Å². The first-order chi connectivity index (χ1) is 9.54. The van der Waals surface area contributed by atoms with Crippen molar-refractivity contribution in [1.29, 1.82) is 0 Å². The number of rotatable bonds is 2. The molecule has 2 aliphatic heterocycles. The van der Waals surface area contributed by atoms with Crippen molar-refractivity contribution >= 4 is 29.9 Å². The molecule has 2 bridgehead atoms. The van der Waals surface area contributed by atoms with E-state index in [1.54, 1.807) is 6.07 Å². The highest BCUT2D eigenvalue weighted by molar-refractivity contribution is 6.31. The quantitative estimate of drug-likeness (QED) is 0.902. The van der Waals surface area contributed by atoms with Crippen LogP contribution < -0.4 is 5.32 Å². The third kappa shape index (κ3) is 3.36. The summed E-state index contributed by atoms with van der Waals surface area (Å²) in [4.78, 5) is 14.6. The Bertz CT molecular complexity index is 523. The van der Waals surface area contributed by atoms with Crippen LogP contribution in [0.4, 0.5) is 0 Å². The third-order valence-corrected chi connectivity index (χ3v) is 4.98. The Kier molecular flexibility index (Phi) is 5.18. The van der Waals surface area contributed by atoms with E-state index in [2.05, 4.69) is 5.32 Å². The zero-order valence-corrected chi connectivity index (χ0v) is 14.0. The lowest BCUT2D eigenvalue weighted by atomic mass is 9.97. The van der Waals surface area contributed by atoms with Crippen LogP contribution in [-0.2, 0) is 0 Å². The Labute approximate surface area is 137 Å². The van der Waals surface area contributed by atoms with E-state index in [1.807, 2.05) is 31.0 Å². The zero-order chi connectivity index (χ0) is 14.3. The van der Waals surface area contributed by atoms with Crippen molar-refractivity contribution < 1.29 is 4.79 Å². The molecule has 0 radical (unpaired) electrons. The maximum absolute atomic E-state index is 12.7. The van der Waals surface area contributed by atoms with Gasteiger partial charge in [-0.25, -0.2) is 0 Å². The molecule has 2 aliphatic rings. The molecule has 0 aromatic heterocycles. The summed E-state index contributed by atoms with van der Waals surface area (Å²) in [6, 6.07) is 7.06. The average molecular weight is 329 g/mol. The second-order valence-electron chi connectivity index (χ2n) is 6.14. The van der Waals surface area contributed by atoms with Crippen molar-refractivity contribution in [3.8, 4) is 0 Å². The first kappa shape index (κ1) is 16.6. The first-order valence-corrected chi connectivity index (χ1v) is 7.71. The second kappa shape index (κ2) is 6.55. The number of piperidine rings is 1. The van der Waals surface area contributed by atoms with Crippen molar-refractivity contribution in [3.63, 3.8) is 0 Å². The topological polar surface area (TPSA) is 32.3 Å². The molecule has 1 aromatic rings. The summed E-state index contributed by atoms with van der Waals surface area (Å²) in [7, 11) is 1.93. The van der Waals surface area contributed by atoms with Gasteiger partial charge in [-0.15, -0.1) is 12.4 Å². The van der Waals surface area contributed by atoms with Crippen LogP contribution in [-0.4, -0.2) is 36.0 Å². The Hall–Kier alpha value is -0.770. The number of fused-ring (bicyclic) bond motifs is 2. The van der Waals surface area contributed by atoms with E-state index >= 15 is 0 Å². The van der Waals surface area contributed by atoms with Crippen LogP contribution in [0.2, 0.25) is 5.02 Å². The molecule has 3 nitrogen and oxygen atoms in total. The summed E-state index contributed by atoms with van der Waals surface area (Å²) >= 11 is 6.03. The second-order valence-corrected chi connectivity index (χ2v) is 6.57. The summed E-state index contributed by atoms with van der Waals surface area (Å²) < 4.78 is 0. The fourth-order valence-corrected chi connectivity index (χ4v) is 3.70. The van der Waals surface area contributed by atoms with Crippen LogP contribution >= 0.6 is 24.0 Å². The third-order valence-electron chi connectivity index (χ3n) is 4.75. The van der Waals surface area contributed by atoms with Gasteiger partial charge in [0.15, 0.2) is 0 Å². The number of benzene rings is 1. The lowest BCUT2D eigenvalue weighted by Crippen LogP contribution is -2.48. The number of halogens is 2. The van der Waals surface area contributed by atoms with Crippen molar-refractivity contribution in [2.45, 2.75) is 50.7 Å². The molecule has 2 saturated heterocycles. The number of hydrogen-bond donors (Lipinski definition) is 1. The van der Waals surface area contributed by atoms with Gasteiger partial charge in [0, 0.05) is 35.8 Å². The monoisotopic (exact) mass is 328 g/mol. The molecule has 2 atom stereocenters. The van der Waals surface area contributed by atoms with Gasteiger partial charge < -0.3 is 10.2 Å². The number of hydrogen-bond acceptors (Lipinski definition) is 2. The van der Waals surface area contributed by atoms with Crippen molar-refractivity contribution in [1.82, 2.24) is 10.2 Å². The highest BCUT2D eigenvalue weighted by Gasteiger charge is 2.36. The van der Waals surface area contributed by atoms with Crippen molar-refractivity contribution in [3.05, 3.63) is 34.3 Å². The Morgan fingerprint density at radius 2 is 1.90 bits per heavy atom. The normalized spacial score (nSPS) is 27.1. The molecule has 21 heavy (non-hydrogen) atoms. The van der Waals surface area contributed by atoms with Crippen LogP contribution in [0.15, 0.2) is 18.2 Å². The molecule has 2 unspecified atom stereocenters. The number of nitrogens with one attached hydrogen (secondary N) is 1. The minimum atomic E-state index is 0. The Balaban J connectivity index is 0.00000161. The van der Waals surface area contributed by atoms with E-state index in [1.165, 1.54) is 12.8 Å². The Morgan fingerprint density at radius 3 is 2.52 bits per heavy atom. The number of nitrogens with zero attached hydrogens (tertiary/aromatic N) is 1. The average Bonchev–Trinajstić information content (AvgIpc) is 2.78. The van der Waals surface area contributed by atoms with Gasteiger partial charge in [0.2, 0.25) is 0 Å². The number of carbonyl (C=O) groups excluding carboxylic acids is 1. The summed E-state index contributed by atoms with van der Waals surface area (Å²) in [6.07, 6.45) is 4.63.